The van der Waals surface area contributed by atoms with Crippen LogP contribution in [0.15, 0.2) is 0 Å². The normalized spacial score (nSPS) is 8.00. The summed E-state index contributed by atoms with van der Waals surface area (Å²) in [4.78, 5) is 0. The third kappa shape index (κ3) is 8.88. The average molecular weight is 168 g/mol. The standard InChI is InChI=1S/C3H5F2.Y/c1-2-3(4)5;/h2H2,1H3;/q-1;. The summed E-state index contributed by atoms with van der Waals surface area (Å²) in [6.07, 6.45) is -1.61. The Morgan fingerprint density at radius 3 is 1.67 bits per heavy atom. The summed E-state index contributed by atoms with van der Waals surface area (Å²) in [5.41, 5.74) is 0. The molecule has 6 heavy (non-hydrogen) atoms. The first kappa shape index (κ1) is 10.1. The summed E-state index contributed by atoms with van der Waals surface area (Å²) in [7, 11) is 0. The van der Waals surface area contributed by atoms with Crippen molar-refractivity contribution in [3.8, 4) is 0 Å². The first-order valence-electron chi connectivity index (χ1n) is 1.44. The molecule has 0 rings (SSSR count). The summed E-state index contributed by atoms with van der Waals surface area (Å²) < 4.78 is 21.4. The molecule has 0 atom stereocenters. The topological polar surface area (TPSA) is 0 Å². The molecule has 0 bridgehead atoms. The summed E-state index contributed by atoms with van der Waals surface area (Å²) >= 11 is 0. The molecule has 35 valence electrons. The summed E-state index contributed by atoms with van der Waals surface area (Å²) in [5, 5.41) is 0. The average Bonchev–Trinajstić information content (AvgIpc) is 1.38. The van der Waals surface area contributed by atoms with Gasteiger partial charge < -0.3 is 8.78 Å². The maximum atomic E-state index is 10.7. The van der Waals surface area contributed by atoms with Gasteiger partial charge in [-0.25, -0.2) is 0 Å². The van der Waals surface area contributed by atoms with Crippen molar-refractivity contribution in [2.24, 2.45) is 0 Å². The van der Waals surface area contributed by atoms with Gasteiger partial charge in [-0.05, 0) is 0 Å². The maximum Gasteiger partial charge on any atom is 0.00106 e. The molecule has 0 amide bonds. The molecular formula is C3H5F2Y-. The number of hydrogen-bond donors (Lipinski definition) is 0. The Kier molecular flexibility index (Phi) is 9.99. The summed E-state index contributed by atoms with van der Waals surface area (Å²) in [6, 6.07) is 0. The van der Waals surface area contributed by atoms with Gasteiger partial charge in [-0.3, -0.25) is 0 Å². The van der Waals surface area contributed by atoms with E-state index in [0.717, 1.165) is 0 Å². The molecule has 0 aliphatic rings. The van der Waals surface area contributed by atoms with E-state index in [1.807, 2.05) is 0 Å². The zero-order valence-corrected chi connectivity index (χ0v) is 6.38. The fourth-order valence-electron chi connectivity index (χ4n) is 0. The van der Waals surface area contributed by atoms with Gasteiger partial charge in [0.25, 0.3) is 0 Å². The largest absolute Gasteiger partial charge is 0.421 e. The molecule has 0 fully saturated rings. The fourth-order valence-corrected chi connectivity index (χ4v) is 0. The van der Waals surface area contributed by atoms with Crippen LogP contribution in [0.2, 0.25) is 0 Å². The molecule has 0 aliphatic carbocycles. The van der Waals surface area contributed by atoms with E-state index in [0.29, 0.717) is 0 Å². The molecule has 0 unspecified atom stereocenters. The molecule has 0 heterocycles. The van der Waals surface area contributed by atoms with Gasteiger partial charge in [-0.1, -0.05) is 6.92 Å². The third-order valence-corrected chi connectivity index (χ3v) is 0.267. The van der Waals surface area contributed by atoms with Gasteiger partial charge in [0.1, 0.15) is 0 Å². The van der Waals surface area contributed by atoms with E-state index in [2.05, 4.69) is 0 Å². The minimum Gasteiger partial charge on any atom is -0.421 e. The molecule has 0 saturated heterocycles. The minimum absolute atomic E-state index is 0. The number of rotatable bonds is 1. The molecular weight excluding hydrogens is 163 g/mol. The minimum atomic E-state index is -1.50. The first-order chi connectivity index (χ1) is 2.27. The van der Waals surface area contributed by atoms with E-state index >= 15 is 0 Å². The van der Waals surface area contributed by atoms with Crippen LogP contribution in [0.4, 0.5) is 8.78 Å². The van der Waals surface area contributed by atoms with Gasteiger partial charge in [-0.15, -0.1) is 6.42 Å². The van der Waals surface area contributed by atoms with Crippen molar-refractivity contribution in [1.29, 1.82) is 0 Å². The first-order valence-corrected chi connectivity index (χ1v) is 1.44. The van der Waals surface area contributed by atoms with E-state index in [-0.39, 0.29) is 39.1 Å². The van der Waals surface area contributed by atoms with Crippen molar-refractivity contribution in [2.75, 3.05) is 0 Å². The van der Waals surface area contributed by atoms with Crippen LogP contribution in [0.1, 0.15) is 13.3 Å². The molecule has 0 nitrogen and oxygen atoms in total. The zero-order valence-electron chi connectivity index (χ0n) is 3.54. The van der Waals surface area contributed by atoms with Gasteiger partial charge in [0.2, 0.25) is 0 Å². The second-order valence-electron chi connectivity index (χ2n) is 0.692. The summed E-state index contributed by atoms with van der Waals surface area (Å²) in [6.45, 7) is 1.41. The van der Waals surface area contributed by atoms with Gasteiger partial charge in [0, 0.05) is 39.1 Å². The Morgan fingerprint density at radius 1 is 1.50 bits per heavy atom. The van der Waals surface area contributed by atoms with Gasteiger partial charge in [0.15, 0.2) is 0 Å². The van der Waals surface area contributed by atoms with Crippen LogP contribution in [0.3, 0.4) is 0 Å². The molecule has 0 N–H and O–H groups in total. The molecule has 0 aliphatic heterocycles. The van der Waals surface area contributed by atoms with E-state index in [4.69, 9.17) is 0 Å². The predicted molar refractivity (Wildman–Crippen MR) is 15.8 cm³/mol. The van der Waals surface area contributed by atoms with E-state index in [9.17, 15) is 8.78 Å². The molecule has 0 spiro atoms. The van der Waals surface area contributed by atoms with Crippen molar-refractivity contribution in [3.63, 3.8) is 0 Å². The number of halogens is 2. The van der Waals surface area contributed by atoms with E-state index in [1.54, 1.807) is 0 Å². The van der Waals surface area contributed by atoms with Crippen LogP contribution < -0.4 is 0 Å². The Balaban J connectivity index is 0. The fraction of sp³-hybridized carbons (Fsp3) is 0.667. The Hall–Kier alpha value is 0.964. The Labute approximate surface area is 61.2 Å². The van der Waals surface area contributed by atoms with Crippen molar-refractivity contribution >= 4 is 0 Å². The molecule has 3 heteroatoms. The predicted octanol–water partition coefficient (Wildman–Crippen LogP) is 1.82. The SMILES string of the molecule is CC[C-](F)F.[Y]. The Morgan fingerprint density at radius 2 is 1.67 bits per heavy atom. The molecule has 1 radical (unpaired) electrons. The quantitative estimate of drug-likeness (QED) is 0.524. The molecule has 0 aromatic rings. The van der Waals surface area contributed by atoms with Gasteiger partial charge in [0.05, 0.1) is 0 Å². The molecule has 0 saturated carbocycles. The second-order valence-corrected chi connectivity index (χ2v) is 0.692. The van der Waals surface area contributed by atoms with Crippen molar-refractivity contribution < 1.29 is 41.5 Å². The second kappa shape index (κ2) is 5.96. The van der Waals surface area contributed by atoms with Crippen LogP contribution >= 0.6 is 0 Å². The van der Waals surface area contributed by atoms with Gasteiger partial charge >= 0.3 is 0 Å². The van der Waals surface area contributed by atoms with Crippen LogP contribution in [0.5, 0.6) is 0 Å². The van der Waals surface area contributed by atoms with Crippen LogP contribution in [0.25, 0.3) is 0 Å². The Bertz CT molecular complexity index is 22.8. The van der Waals surface area contributed by atoms with Crippen molar-refractivity contribution in [1.82, 2.24) is 0 Å². The van der Waals surface area contributed by atoms with Crippen LogP contribution in [0, 0.1) is 6.43 Å². The number of hydrogen-bond acceptors (Lipinski definition) is 0. The van der Waals surface area contributed by atoms with Crippen molar-refractivity contribution in [3.05, 3.63) is 6.43 Å². The monoisotopic (exact) mass is 168 g/mol. The van der Waals surface area contributed by atoms with Crippen molar-refractivity contribution in [2.45, 2.75) is 13.3 Å². The maximum absolute atomic E-state index is 10.7. The third-order valence-electron chi connectivity index (χ3n) is 0.267. The zero-order chi connectivity index (χ0) is 4.28. The van der Waals surface area contributed by atoms with E-state index in [1.165, 1.54) is 6.92 Å². The van der Waals surface area contributed by atoms with Crippen LogP contribution in [-0.4, -0.2) is 0 Å². The smallest absolute Gasteiger partial charge is 0.00106 e. The van der Waals surface area contributed by atoms with Crippen LogP contribution in [-0.2, 0) is 32.7 Å². The molecule has 0 aromatic carbocycles. The van der Waals surface area contributed by atoms with E-state index < -0.39 is 6.43 Å². The van der Waals surface area contributed by atoms with Gasteiger partial charge in [-0.2, -0.15) is 0 Å². The molecule has 0 aromatic heterocycles. The summed E-state index contributed by atoms with van der Waals surface area (Å²) in [5.74, 6) is 0.